The second-order valence-corrected chi connectivity index (χ2v) is 11.9. The summed E-state index contributed by atoms with van der Waals surface area (Å²) < 4.78 is 36.3. The van der Waals surface area contributed by atoms with Gasteiger partial charge >= 0.3 is 0 Å². The van der Waals surface area contributed by atoms with Gasteiger partial charge in [-0.2, -0.15) is 0 Å². The van der Waals surface area contributed by atoms with Crippen molar-refractivity contribution in [1.82, 2.24) is 9.62 Å². The van der Waals surface area contributed by atoms with Crippen molar-refractivity contribution in [2.75, 3.05) is 26.5 Å². The minimum atomic E-state index is -3.18. The highest BCUT2D eigenvalue weighted by Gasteiger charge is 2.26. The van der Waals surface area contributed by atoms with Gasteiger partial charge in [0, 0.05) is 31.6 Å². The van der Waals surface area contributed by atoms with E-state index in [0.29, 0.717) is 59.5 Å². The van der Waals surface area contributed by atoms with Gasteiger partial charge in [-0.15, -0.1) is 0 Å². The number of carbonyl (C=O) groups excluding carboxylic acids is 1. The Hall–Kier alpha value is -2.00. The van der Waals surface area contributed by atoms with Crippen LogP contribution in [0, 0.1) is 5.92 Å². The minimum Gasteiger partial charge on any atom is -0.496 e. The molecular formula is C25H32Cl2N2O5S. The molecule has 0 radical (unpaired) electrons. The lowest BCUT2D eigenvalue weighted by Crippen LogP contribution is -2.39. The number of piperidine rings is 1. The molecule has 1 saturated heterocycles. The zero-order chi connectivity index (χ0) is 25.8. The number of methoxy groups -OCH3 is 1. The van der Waals surface area contributed by atoms with Crippen LogP contribution in [-0.2, 0) is 21.4 Å². The number of benzene rings is 2. The third-order valence-corrected chi connectivity index (χ3v) is 8.18. The highest BCUT2D eigenvalue weighted by Crippen LogP contribution is 2.40. The van der Waals surface area contributed by atoms with Crippen molar-refractivity contribution in [3.63, 3.8) is 0 Å². The van der Waals surface area contributed by atoms with Crippen molar-refractivity contribution in [3.8, 4) is 17.2 Å². The molecule has 1 aliphatic heterocycles. The van der Waals surface area contributed by atoms with E-state index >= 15 is 0 Å². The van der Waals surface area contributed by atoms with E-state index < -0.39 is 10.0 Å². The summed E-state index contributed by atoms with van der Waals surface area (Å²) >= 11 is 13.0. The second kappa shape index (κ2) is 11.8. The van der Waals surface area contributed by atoms with E-state index in [9.17, 15) is 13.2 Å². The number of amides is 1. The quantitative estimate of drug-likeness (QED) is 0.446. The fourth-order valence-corrected chi connectivity index (χ4v) is 5.51. The van der Waals surface area contributed by atoms with Crippen LogP contribution in [0.15, 0.2) is 30.3 Å². The maximum atomic E-state index is 12.5. The topological polar surface area (TPSA) is 84.9 Å². The third kappa shape index (κ3) is 7.26. The van der Waals surface area contributed by atoms with E-state index in [2.05, 4.69) is 19.2 Å². The summed E-state index contributed by atoms with van der Waals surface area (Å²) in [6.07, 6.45) is 2.89. The van der Waals surface area contributed by atoms with Crippen LogP contribution in [0.1, 0.15) is 50.2 Å². The van der Waals surface area contributed by atoms with E-state index in [0.717, 1.165) is 11.3 Å². The molecule has 0 unspecified atom stereocenters. The number of hydrogen-bond acceptors (Lipinski definition) is 5. The third-order valence-electron chi connectivity index (χ3n) is 6.16. The first kappa shape index (κ1) is 27.6. The zero-order valence-corrected chi connectivity index (χ0v) is 22.8. The normalized spacial score (nSPS) is 15.3. The predicted octanol–water partition coefficient (Wildman–Crippen LogP) is 5.60. The summed E-state index contributed by atoms with van der Waals surface area (Å²) in [5.74, 6) is 1.97. The molecule has 3 rings (SSSR count). The number of hydrogen-bond donors (Lipinski definition) is 1. The SMILES string of the molecule is COc1ccc(Oc2c(Cl)ccc(CNC(=O)CC3CCN(S(C)(=O)=O)CC3)c2Cl)cc1C(C)C. The number of ether oxygens (including phenoxy) is 2. The van der Waals surface area contributed by atoms with E-state index in [1.807, 2.05) is 12.1 Å². The lowest BCUT2D eigenvalue weighted by Gasteiger charge is -2.29. The Labute approximate surface area is 217 Å². The summed E-state index contributed by atoms with van der Waals surface area (Å²) in [5.41, 5.74) is 1.69. The standard InChI is InChI=1S/C25H32Cl2N2O5S/c1-16(2)20-14-19(6-8-22(20)33-3)34-25-21(26)7-5-18(24(25)27)15-28-23(30)13-17-9-11-29(12-10-17)35(4,31)32/h5-8,14,16-17H,9-13,15H2,1-4H3,(H,28,30). The predicted molar refractivity (Wildman–Crippen MR) is 139 cm³/mol. The monoisotopic (exact) mass is 542 g/mol. The van der Waals surface area contributed by atoms with Crippen LogP contribution >= 0.6 is 23.2 Å². The number of carbonyl (C=O) groups is 1. The van der Waals surface area contributed by atoms with E-state index in [1.54, 1.807) is 25.3 Å². The van der Waals surface area contributed by atoms with Gasteiger partial charge in [0.05, 0.1) is 23.4 Å². The van der Waals surface area contributed by atoms with Crippen LogP contribution < -0.4 is 14.8 Å². The first-order chi connectivity index (χ1) is 16.5. The molecule has 1 heterocycles. The molecule has 2 aromatic rings. The average Bonchev–Trinajstić information content (AvgIpc) is 2.80. The van der Waals surface area contributed by atoms with Crippen LogP contribution in [0.4, 0.5) is 0 Å². The Morgan fingerprint density at radius 3 is 2.46 bits per heavy atom. The fourth-order valence-electron chi connectivity index (χ4n) is 4.12. The Kier molecular flexibility index (Phi) is 9.32. The molecule has 0 aromatic heterocycles. The van der Waals surface area contributed by atoms with Crippen molar-refractivity contribution >= 4 is 39.1 Å². The van der Waals surface area contributed by atoms with Crippen molar-refractivity contribution in [2.24, 2.45) is 5.92 Å². The van der Waals surface area contributed by atoms with E-state index in [-0.39, 0.29) is 24.3 Å². The smallest absolute Gasteiger partial charge is 0.220 e. The van der Waals surface area contributed by atoms with Crippen LogP contribution in [0.2, 0.25) is 10.0 Å². The molecule has 1 aliphatic rings. The molecule has 35 heavy (non-hydrogen) atoms. The van der Waals surface area contributed by atoms with Crippen LogP contribution in [0.3, 0.4) is 0 Å². The Morgan fingerprint density at radius 2 is 1.86 bits per heavy atom. The van der Waals surface area contributed by atoms with Gasteiger partial charge in [0.1, 0.15) is 11.5 Å². The molecule has 7 nitrogen and oxygen atoms in total. The molecule has 0 aliphatic carbocycles. The van der Waals surface area contributed by atoms with Gasteiger partial charge in [-0.05, 0) is 54.5 Å². The molecule has 1 N–H and O–H groups in total. The number of nitrogens with zero attached hydrogens (tertiary/aromatic N) is 1. The maximum Gasteiger partial charge on any atom is 0.220 e. The second-order valence-electron chi connectivity index (χ2n) is 9.10. The summed E-state index contributed by atoms with van der Waals surface area (Å²) in [4.78, 5) is 12.5. The van der Waals surface area contributed by atoms with Crippen molar-refractivity contribution in [3.05, 3.63) is 51.5 Å². The highest BCUT2D eigenvalue weighted by atomic mass is 35.5. The summed E-state index contributed by atoms with van der Waals surface area (Å²) in [6.45, 7) is 5.27. The van der Waals surface area contributed by atoms with Gasteiger partial charge in [0.25, 0.3) is 0 Å². The van der Waals surface area contributed by atoms with Gasteiger partial charge in [0.2, 0.25) is 15.9 Å². The molecule has 0 bridgehead atoms. The molecule has 0 saturated carbocycles. The van der Waals surface area contributed by atoms with E-state index in [1.165, 1.54) is 10.6 Å². The highest BCUT2D eigenvalue weighted by molar-refractivity contribution is 7.88. The van der Waals surface area contributed by atoms with Crippen LogP contribution in [0.25, 0.3) is 0 Å². The van der Waals surface area contributed by atoms with Crippen molar-refractivity contribution in [1.29, 1.82) is 0 Å². The Morgan fingerprint density at radius 1 is 1.17 bits per heavy atom. The Balaban J connectivity index is 1.63. The molecule has 1 fully saturated rings. The van der Waals surface area contributed by atoms with Gasteiger partial charge in [0.15, 0.2) is 5.75 Å². The number of sulfonamides is 1. The van der Waals surface area contributed by atoms with E-state index in [4.69, 9.17) is 32.7 Å². The van der Waals surface area contributed by atoms with Crippen LogP contribution in [-0.4, -0.2) is 45.1 Å². The number of nitrogens with one attached hydrogen (secondary N) is 1. The van der Waals surface area contributed by atoms with Gasteiger partial charge < -0.3 is 14.8 Å². The molecule has 1 amide bonds. The maximum absolute atomic E-state index is 12.5. The first-order valence-corrected chi connectivity index (χ1v) is 14.1. The van der Waals surface area contributed by atoms with Gasteiger partial charge in [-0.1, -0.05) is 43.1 Å². The number of rotatable bonds is 9. The first-order valence-electron chi connectivity index (χ1n) is 11.5. The lowest BCUT2D eigenvalue weighted by atomic mass is 9.94. The van der Waals surface area contributed by atoms with Crippen molar-refractivity contribution in [2.45, 2.75) is 45.6 Å². The lowest BCUT2D eigenvalue weighted by molar-refractivity contribution is -0.122. The molecular weight excluding hydrogens is 511 g/mol. The summed E-state index contributed by atoms with van der Waals surface area (Å²) in [7, 11) is -1.55. The molecule has 0 spiro atoms. The Bertz CT molecular complexity index is 1160. The van der Waals surface area contributed by atoms with Crippen LogP contribution in [0.5, 0.6) is 17.2 Å². The molecule has 192 valence electrons. The van der Waals surface area contributed by atoms with Gasteiger partial charge in [-0.25, -0.2) is 12.7 Å². The number of halogens is 2. The molecule has 10 heteroatoms. The van der Waals surface area contributed by atoms with Crippen molar-refractivity contribution < 1.29 is 22.7 Å². The summed E-state index contributed by atoms with van der Waals surface area (Å²) in [5, 5.41) is 3.61. The molecule has 2 aromatic carbocycles. The molecule has 0 atom stereocenters. The minimum absolute atomic E-state index is 0.104. The van der Waals surface area contributed by atoms with Gasteiger partial charge in [-0.3, -0.25) is 4.79 Å². The fraction of sp³-hybridized carbons (Fsp3) is 0.480. The zero-order valence-electron chi connectivity index (χ0n) is 20.4. The largest absolute Gasteiger partial charge is 0.496 e. The summed E-state index contributed by atoms with van der Waals surface area (Å²) in [6, 6.07) is 8.99. The average molecular weight is 544 g/mol.